The van der Waals surface area contributed by atoms with Gasteiger partial charge in [-0.05, 0) is 13.1 Å². The first-order valence-corrected chi connectivity index (χ1v) is 3.33. The average molecular weight is 340 g/mol. The average Bonchev–Trinajstić information content (AvgIpc) is 1.81. The number of halogens is 2. The van der Waals surface area contributed by atoms with Crippen molar-refractivity contribution in [2.75, 3.05) is 26.2 Å². The largest absolute Gasteiger partial charge is 2.00 e. The van der Waals surface area contributed by atoms with Crippen molar-refractivity contribution in [2.24, 2.45) is 0 Å². The molecule has 0 aromatic carbocycles. The zero-order chi connectivity index (χ0) is 6.24. The molecule has 1 radical (unpaired) electrons. The first-order valence-electron chi connectivity index (χ1n) is 3.33. The number of hydrogen-bond acceptors (Lipinski definition) is 2. The van der Waals surface area contributed by atoms with E-state index in [9.17, 15) is 0 Å². The second-order valence-electron chi connectivity index (χ2n) is 1.71. The van der Waals surface area contributed by atoms with E-state index in [4.69, 9.17) is 0 Å². The van der Waals surface area contributed by atoms with E-state index in [1.54, 1.807) is 0 Å². The van der Waals surface area contributed by atoms with Gasteiger partial charge in [0.2, 0.25) is 0 Å². The van der Waals surface area contributed by atoms with Gasteiger partial charge in [-0.1, -0.05) is 13.8 Å². The summed E-state index contributed by atoms with van der Waals surface area (Å²) in [4.78, 5) is 0. The van der Waals surface area contributed by atoms with Crippen LogP contribution < -0.4 is 44.6 Å². The van der Waals surface area contributed by atoms with Gasteiger partial charge in [-0.25, -0.2) is 0 Å². The van der Waals surface area contributed by atoms with E-state index in [2.05, 4.69) is 24.5 Å². The van der Waals surface area contributed by atoms with Crippen molar-refractivity contribution in [1.82, 2.24) is 10.6 Å². The van der Waals surface area contributed by atoms with Crippen LogP contribution in [0.5, 0.6) is 0 Å². The van der Waals surface area contributed by atoms with E-state index in [0.29, 0.717) is 0 Å². The molecule has 5 heteroatoms. The Morgan fingerprint density at radius 3 is 1.27 bits per heavy atom. The SMILES string of the molecule is CCNCCNCC.[Br-].[Br-].[Cu+2]. The topological polar surface area (TPSA) is 24.1 Å². The third kappa shape index (κ3) is 24.6. The predicted molar refractivity (Wildman–Crippen MR) is 37.1 cm³/mol. The Morgan fingerprint density at radius 2 is 1.09 bits per heavy atom. The number of nitrogens with one attached hydrogen (secondary N) is 2. The van der Waals surface area contributed by atoms with Crippen LogP contribution >= 0.6 is 0 Å². The predicted octanol–water partition coefficient (Wildman–Crippen LogP) is -5.79. The Labute approximate surface area is 101 Å². The van der Waals surface area contributed by atoms with Crippen LogP contribution in [0.1, 0.15) is 13.8 Å². The molecule has 0 unspecified atom stereocenters. The monoisotopic (exact) mass is 337 g/mol. The summed E-state index contributed by atoms with van der Waals surface area (Å²) in [6.45, 7) is 8.56. The van der Waals surface area contributed by atoms with Gasteiger partial charge in [0.1, 0.15) is 0 Å². The van der Waals surface area contributed by atoms with E-state index in [-0.39, 0.29) is 51.0 Å². The molecule has 0 fully saturated rings. The molecule has 0 aromatic rings. The maximum absolute atomic E-state index is 3.22. The zero-order valence-corrected chi connectivity index (χ0v) is 11.0. The van der Waals surface area contributed by atoms with Crippen molar-refractivity contribution in [3.63, 3.8) is 0 Å². The van der Waals surface area contributed by atoms with E-state index in [1.807, 2.05) is 0 Å². The first kappa shape index (κ1) is 22.8. The second kappa shape index (κ2) is 22.5. The van der Waals surface area contributed by atoms with Gasteiger partial charge in [-0.3, -0.25) is 0 Å². The molecule has 75 valence electrons. The molecular formula is C6H16Br2CuN2. The molecule has 0 aliphatic rings. The van der Waals surface area contributed by atoms with Gasteiger partial charge in [-0.15, -0.1) is 0 Å². The van der Waals surface area contributed by atoms with Crippen LogP contribution in [-0.2, 0) is 17.1 Å². The van der Waals surface area contributed by atoms with Crippen LogP contribution in [0, 0.1) is 0 Å². The standard InChI is InChI=1S/C6H16N2.2BrH.Cu/c1-3-7-5-6-8-4-2;;;/h7-8H,3-6H2,1-2H3;2*1H;/q;;;+2/p-2. The Bertz CT molecular complexity index is 43.6. The molecule has 0 heterocycles. The van der Waals surface area contributed by atoms with Crippen LogP contribution in [-0.4, -0.2) is 26.2 Å². The molecule has 0 amide bonds. The normalized spacial score (nSPS) is 7.09. The second-order valence-corrected chi connectivity index (χ2v) is 1.71. The van der Waals surface area contributed by atoms with Gasteiger partial charge in [0, 0.05) is 13.1 Å². The zero-order valence-electron chi connectivity index (χ0n) is 6.89. The Balaban J connectivity index is -0.0000000817. The smallest absolute Gasteiger partial charge is 1.00 e. The molecule has 0 saturated carbocycles. The molecule has 2 N–H and O–H groups in total. The van der Waals surface area contributed by atoms with Crippen LogP contribution in [0.2, 0.25) is 0 Å². The molecule has 0 saturated heterocycles. The van der Waals surface area contributed by atoms with Crippen molar-refractivity contribution in [2.45, 2.75) is 13.8 Å². The van der Waals surface area contributed by atoms with Crippen molar-refractivity contribution >= 4 is 0 Å². The Morgan fingerprint density at radius 1 is 0.818 bits per heavy atom. The maximum atomic E-state index is 3.22. The summed E-state index contributed by atoms with van der Waals surface area (Å²) in [5.74, 6) is 0. The molecule has 0 bridgehead atoms. The molecular weight excluding hydrogens is 323 g/mol. The molecule has 0 aliphatic heterocycles. The summed E-state index contributed by atoms with van der Waals surface area (Å²) in [7, 11) is 0. The van der Waals surface area contributed by atoms with E-state index < -0.39 is 0 Å². The molecule has 0 atom stereocenters. The molecule has 0 aromatic heterocycles. The minimum absolute atomic E-state index is 0. The van der Waals surface area contributed by atoms with Gasteiger partial charge < -0.3 is 44.6 Å². The van der Waals surface area contributed by atoms with Crippen LogP contribution in [0.25, 0.3) is 0 Å². The van der Waals surface area contributed by atoms with Crippen LogP contribution in [0.15, 0.2) is 0 Å². The molecule has 11 heavy (non-hydrogen) atoms. The van der Waals surface area contributed by atoms with Gasteiger partial charge >= 0.3 is 17.1 Å². The molecule has 0 aliphatic carbocycles. The molecule has 0 spiro atoms. The van der Waals surface area contributed by atoms with Crippen molar-refractivity contribution in [3.8, 4) is 0 Å². The van der Waals surface area contributed by atoms with E-state index in [0.717, 1.165) is 26.2 Å². The minimum Gasteiger partial charge on any atom is -1.00 e. The van der Waals surface area contributed by atoms with Gasteiger partial charge in [0.05, 0.1) is 0 Å². The third-order valence-corrected chi connectivity index (χ3v) is 0.979. The summed E-state index contributed by atoms with van der Waals surface area (Å²) in [6.07, 6.45) is 0. The summed E-state index contributed by atoms with van der Waals surface area (Å²) in [6, 6.07) is 0. The summed E-state index contributed by atoms with van der Waals surface area (Å²) < 4.78 is 0. The Kier molecular flexibility index (Phi) is 46.8. The molecule has 0 rings (SSSR count). The Hall–Kier alpha value is 1.40. The molecule has 2 nitrogen and oxygen atoms in total. The minimum atomic E-state index is 0. The maximum Gasteiger partial charge on any atom is 2.00 e. The van der Waals surface area contributed by atoms with Crippen molar-refractivity contribution in [3.05, 3.63) is 0 Å². The number of hydrogen-bond donors (Lipinski definition) is 2. The fourth-order valence-corrected chi connectivity index (χ4v) is 0.530. The quantitative estimate of drug-likeness (QED) is 0.385. The fourth-order valence-electron chi connectivity index (χ4n) is 0.530. The van der Waals surface area contributed by atoms with E-state index in [1.165, 1.54) is 0 Å². The summed E-state index contributed by atoms with van der Waals surface area (Å²) in [5.41, 5.74) is 0. The summed E-state index contributed by atoms with van der Waals surface area (Å²) in [5, 5.41) is 6.44. The van der Waals surface area contributed by atoms with Crippen molar-refractivity contribution < 1.29 is 51.0 Å². The van der Waals surface area contributed by atoms with Gasteiger partial charge in [0.25, 0.3) is 0 Å². The number of rotatable bonds is 5. The first-order chi connectivity index (χ1) is 3.91. The number of likely N-dealkylation sites (N-methyl/N-ethyl adjacent to an activating group) is 2. The van der Waals surface area contributed by atoms with E-state index >= 15 is 0 Å². The van der Waals surface area contributed by atoms with Crippen LogP contribution in [0.3, 0.4) is 0 Å². The van der Waals surface area contributed by atoms with Crippen LogP contribution in [0.4, 0.5) is 0 Å². The van der Waals surface area contributed by atoms with Crippen molar-refractivity contribution in [1.29, 1.82) is 0 Å². The summed E-state index contributed by atoms with van der Waals surface area (Å²) >= 11 is 0. The van der Waals surface area contributed by atoms with Gasteiger partial charge in [0.15, 0.2) is 0 Å². The third-order valence-electron chi connectivity index (χ3n) is 0.979. The van der Waals surface area contributed by atoms with Gasteiger partial charge in [-0.2, -0.15) is 0 Å². The fraction of sp³-hybridized carbons (Fsp3) is 1.00.